The first-order valence-corrected chi connectivity index (χ1v) is 10.1. The van der Waals surface area contributed by atoms with E-state index in [1.54, 1.807) is 24.3 Å². The van der Waals surface area contributed by atoms with Gasteiger partial charge in [0, 0.05) is 25.2 Å². The minimum absolute atomic E-state index is 0.0119. The lowest BCUT2D eigenvalue weighted by atomic mass is 9.88. The van der Waals surface area contributed by atoms with Crippen LogP contribution in [0, 0.1) is 0 Å². The number of benzene rings is 1. The highest BCUT2D eigenvalue weighted by Gasteiger charge is 2.43. The summed E-state index contributed by atoms with van der Waals surface area (Å²) in [7, 11) is 0. The van der Waals surface area contributed by atoms with E-state index in [1.165, 1.54) is 12.5 Å². The van der Waals surface area contributed by atoms with Gasteiger partial charge >= 0.3 is 0 Å². The summed E-state index contributed by atoms with van der Waals surface area (Å²) in [5.74, 6) is -0.0800. The Morgan fingerprint density at radius 3 is 2.55 bits per heavy atom. The topological polar surface area (TPSA) is 71.8 Å². The summed E-state index contributed by atoms with van der Waals surface area (Å²) in [6.07, 6.45) is 8.31. The molecule has 152 valence electrons. The Bertz CT molecular complexity index is 865. The lowest BCUT2D eigenvalue weighted by molar-refractivity contribution is -0.0712. The molecule has 1 aromatic carbocycles. The van der Waals surface area contributed by atoms with Crippen LogP contribution in [0.4, 0.5) is 0 Å². The van der Waals surface area contributed by atoms with E-state index in [2.05, 4.69) is 11.9 Å². The standard InChI is InChI=1S/C23H26N2O4/c1-2-17-3-5-18(6-4-17)21(26)24-15-20-7-9-23(29-20)10-12-25(13-11-23)22(27)19-8-14-28-16-19/h2-6,8,14,16,20H,1,7,9-13,15H2,(H,24,26)/t20-/m0/s1. The van der Waals surface area contributed by atoms with Gasteiger partial charge in [0.1, 0.15) is 6.26 Å². The number of furan rings is 1. The zero-order chi connectivity index (χ0) is 20.3. The van der Waals surface area contributed by atoms with Crippen molar-refractivity contribution >= 4 is 17.9 Å². The van der Waals surface area contributed by atoms with Gasteiger partial charge in [-0.05, 0) is 49.4 Å². The predicted molar refractivity (Wildman–Crippen MR) is 110 cm³/mol. The molecule has 29 heavy (non-hydrogen) atoms. The van der Waals surface area contributed by atoms with Gasteiger partial charge in [0.15, 0.2) is 0 Å². The van der Waals surface area contributed by atoms with Crippen molar-refractivity contribution in [3.05, 3.63) is 66.1 Å². The van der Waals surface area contributed by atoms with E-state index in [9.17, 15) is 9.59 Å². The fraction of sp³-hybridized carbons (Fsp3) is 0.391. The maximum Gasteiger partial charge on any atom is 0.257 e. The second kappa shape index (κ2) is 8.25. The van der Waals surface area contributed by atoms with E-state index in [4.69, 9.17) is 9.15 Å². The monoisotopic (exact) mass is 394 g/mol. The van der Waals surface area contributed by atoms with Crippen LogP contribution >= 0.6 is 0 Å². The number of ether oxygens (including phenoxy) is 1. The molecule has 0 bridgehead atoms. The van der Waals surface area contributed by atoms with Gasteiger partial charge in [-0.2, -0.15) is 0 Å². The van der Waals surface area contributed by atoms with Gasteiger partial charge < -0.3 is 19.4 Å². The van der Waals surface area contributed by atoms with Crippen molar-refractivity contribution in [3.63, 3.8) is 0 Å². The first kappa shape index (κ1) is 19.5. The highest BCUT2D eigenvalue weighted by atomic mass is 16.5. The Hall–Kier alpha value is -2.86. The number of carbonyl (C=O) groups is 2. The summed E-state index contributed by atoms with van der Waals surface area (Å²) in [4.78, 5) is 26.7. The summed E-state index contributed by atoms with van der Waals surface area (Å²) in [5.41, 5.74) is 2.04. The molecule has 2 fully saturated rings. The number of rotatable bonds is 5. The van der Waals surface area contributed by atoms with E-state index >= 15 is 0 Å². The molecule has 1 atom stereocenters. The zero-order valence-electron chi connectivity index (χ0n) is 16.4. The van der Waals surface area contributed by atoms with Gasteiger partial charge in [0.2, 0.25) is 0 Å². The van der Waals surface area contributed by atoms with Crippen molar-refractivity contribution in [1.82, 2.24) is 10.2 Å². The highest BCUT2D eigenvalue weighted by Crippen LogP contribution is 2.39. The van der Waals surface area contributed by atoms with E-state index < -0.39 is 0 Å². The van der Waals surface area contributed by atoms with Crippen LogP contribution in [0.2, 0.25) is 0 Å². The van der Waals surface area contributed by atoms with Crippen LogP contribution in [0.15, 0.2) is 53.9 Å². The molecule has 2 aliphatic rings. The number of nitrogens with one attached hydrogen (secondary N) is 1. The Balaban J connectivity index is 1.25. The lowest BCUT2D eigenvalue weighted by Crippen LogP contribution is -2.47. The van der Waals surface area contributed by atoms with E-state index in [1.807, 2.05) is 17.0 Å². The number of hydrogen-bond acceptors (Lipinski definition) is 4. The minimum atomic E-state index is -0.172. The Morgan fingerprint density at radius 1 is 1.14 bits per heavy atom. The fourth-order valence-corrected chi connectivity index (χ4v) is 4.17. The van der Waals surface area contributed by atoms with Crippen LogP contribution in [-0.2, 0) is 4.74 Å². The smallest absolute Gasteiger partial charge is 0.257 e. The molecule has 3 heterocycles. The SMILES string of the molecule is C=Cc1ccc(C(=O)NC[C@@H]2CCC3(CCN(C(=O)c4ccoc4)CC3)O2)cc1. The molecule has 0 aliphatic carbocycles. The van der Waals surface area contributed by atoms with Crippen LogP contribution in [0.25, 0.3) is 6.08 Å². The van der Waals surface area contributed by atoms with Crippen molar-refractivity contribution < 1.29 is 18.7 Å². The third kappa shape index (κ3) is 4.27. The molecule has 4 rings (SSSR count). The largest absolute Gasteiger partial charge is 0.472 e. The summed E-state index contributed by atoms with van der Waals surface area (Å²) in [6.45, 7) is 5.58. The molecule has 0 saturated carbocycles. The summed E-state index contributed by atoms with van der Waals surface area (Å²) in [6, 6.07) is 9.05. The second-order valence-electron chi connectivity index (χ2n) is 7.80. The predicted octanol–water partition coefficient (Wildman–Crippen LogP) is 3.51. The van der Waals surface area contributed by atoms with Crippen molar-refractivity contribution in [1.29, 1.82) is 0 Å². The molecular weight excluding hydrogens is 368 g/mol. The number of carbonyl (C=O) groups excluding carboxylic acids is 2. The van der Waals surface area contributed by atoms with Crippen LogP contribution < -0.4 is 5.32 Å². The molecule has 2 aromatic rings. The zero-order valence-corrected chi connectivity index (χ0v) is 16.4. The summed E-state index contributed by atoms with van der Waals surface area (Å²) in [5, 5.41) is 2.98. The molecule has 1 spiro atoms. The Kier molecular flexibility index (Phi) is 5.53. The molecule has 2 aliphatic heterocycles. The van der Waals surface area contributed by atoms with Gasteiger partial charge in [-0.3, -0.25) is 9.59 Å². The van der Waals surface area contributed by atoms with Gasteiger partial charge in [0.05, 0.1) is 23.5 Å². The van der Waals surface area contributed by atoms with Crippen LogP contribution in [-0.4, -0.2) is 48.1 Å². The highest BCUT2D eigenvalue weighted by molar-refractivity contribution is 5.94. The number of piperidine rings is 1. The van der Waals surface area contributed by atoms with Crippen molar-refractivity contribution in [2.75, 3.05) is 19.6 Å². The molecular formula is C23H26N2O4. The van der Waals surface area contributed by atoms with Gasteiger partial charge in [-0.1, -0.05) is 24.8 Å². The molecule has 0 radical (unpaired) electrons. The van der Waals surface area contributed by atoms with Crippen LogP contribution in [0.5, 0.6) is 0 Å². The first-order chi connectivity index (χ1) is 14.1. The van der Waals surface area contributed by atoms with E-state index in [-0.39, 0.29) is 23.5 Å². The van der Waals surface area contributed by atoms with Gasteiger partial charge in [0.25, 0.3) is 11.8 Å². The average Bonchev–Trinajstić information content (AvgIpc) is 3.43. The van der Waals surface area contributed by atoms with Gasteiger partial charge in [-0.25, -0.2) is 0 Å². The van der Waals surface area contributed by atoms with Crippen LogP contribution in [0.3, 0.4) is 0 Å². The van der Waals surface area contributed by atoms with Crippen molar-refractivity contribution in [2.45, 2.75) is 37.4 Å². The summed E-state index contributed by atoms with van der Waals surface area (Å²) >= 11 is 0. The molecule has 2 saturated heterocycles. The second-order valence-corrected chi connectivity index (χ2v) is 7.80. The normalized spacial score (nSPS) is 20.6. The molecule has 6 heteroatoms. The third-order valence-corrected chi connectivity index (χ3v) is 5.97. The quantitative estimate of drug-likeness (QED) is 0.842. The first-order valence-electron chi connectivity index (χ1n) is 10.1. The Morgan fingerprint density at radius 2 is 1.90 bits per heavy atom. The molecule has 2 amide bonds. The fourth-order valence-electron chi connectivity index (χ4n) is 4.17. The summed E-state index contributed by atoms with van der Waals surface area (Å²) < 4.78 is 11.4. The lowest BCUT2D eigenvalue weighted by Gasteiger charge is -2.39. The van der Waals surface area contributed by atoms with Gasteiger partial charge in [-0.15, -0.1) is 0 Å². The average molecular weight is 394 g/mol. The molecule has 1 aromatic heterocycles. The maximum absolute atomic E-state index is 12.5. The van der Waals surface area contributed by atoms with Crippen molar-refractivity contribution in [3.8, 4) is 0 Å². The Labute approximate surface area is 170 Å². The maximum atomic E-state index is 12.5. The third-order valence-electron chi connectivity index (χ3n) is 5.97. The molecule has 6 nitrogen and oxygen atoms in total. The molecule has 0 unspecified atom stereocenters. The van der Waals surface area contributed by atoms with E-state index in [0.29, 0.717) is 30.8 Å². The number of likely N-dealkylation sites (tertiary alicyclic amines) is 1. The van der Waals surface area contributed by atoms with Crippen molar-refractivity contribution in [2.24, 2.45) is 0 Å². The number of amides is 2. The molecule has 1 N–H and O–H groups in total. The minimum Gasteiger partial charge on any atom is -0.472 e. The van der Waals surface area contributed by atoms with Crippen LogP contribution in [0.1, 0.15) is 52.0 Å². The van der Waals surface area contributed by atoms with E-state index in [0.717, 1.165) is 31.2 Å². The number of nitrogens with zero attached hydrogens (tertiary/aromatic N) is 1. The number of hydrogen-bond donors (Lipinski definition) is 1.